The van der Waals surface area contributed by atoms with Gasteiger partial charge in [0.1, 0.15) is 6.33 Å². The molecule has 2 aliphatic rings. The maximum Gasteiger partial charge on any atom is 0.231 e. The van der Waals surface area contributed by atoms with Crippen molar-refractivity contribution < 1.29 is 4.79 Å². The molecule has 35 heavy (non-hydrogen) atoms. The lowest BCUT2D eigenvalue weighted by Crippen LogP contribution is -2.36. The summed E-state index contributed by atoms with van der Waals surface area (Å²) >= 11 is 5.34. The Labute approximate surface area is 209 Å². The van der Waals surface area contributed by atoms with Crippen molar-refractivity contribution in [2.24, 2.45) is 0 Å². The van der Waals surface area contributed by atoms with Crippen molar-refractivity contribution >= 4 is 51.8 Å². The molecule has 0 saturated carbocycles. The topological polar surface area (TPSA) is 101 Å². The largest absolute Gasteiger partial charge is 0.341 e. The van der Waals surface area contributed by atoms with Crippen LogP contribution in [0.25, 0.3) is 5.57 Å². The van der Waals surface area contributed by atoms with Gasteiger partial charge in [-0.3, -0.25) is 9.48 Å². The molecule has 3 heterocycles. The average molecular weight is 487 g/mol. The number of allylic oxidation sites excluding steroid dienone is 4. The summed E-state index contributed by atoms with van der Waals surface area (Å²) < 4.78 is 2.07. The first-order chi connectivity index (χ1) is 17.0. The molecule has 3 aromatic rings. The van der Waals surface area contributed by atoms with E-state index < -0.39 is 0 Å². The molecule has 1 fully saturated rings. The van der Waals surface area contributed by atoms with Gasteiger partial charge in [0.25, 0.3) is 0 Å². The Kier molecular flexibility index (Phi) is 6.62. The maximum atomic E-state index is 11.3. The molecule has 0 unspecified atom stereocenters. The highest BCUT2D eigenvalue weighted by Gasteiger charge is 2.23. The van der Waals surface area contributed by atoms with E-state index in [1.54, 1.807) is 0 Å². The third-order valence-electron chi connectivity index (χ3n) is 5.99. The molecule has 10 heteroatoms. The molecule has 178 valence electrons. The van der Waals surface area contributed by atoms with Crippen LogP contribution in [0.15, 0.2) is 61.2 Å². The number of nitrogens with one attached hydrogen (secondary N) is 2. The second-order valence-electron chi connectivity index (χ2n) is 8.60. The normalized spacial score (nSPS) is 16.2. The summed E-state index contributed by atoms with van der Waals surface area (Å²) in [6, 6.07) is 7.75. The number of rotatable bonds is 6. The number of amides is 1. The zero-order chi connectivity index (χ0) is 24.2. The maximum absolute atomic E-state index is 11.3. The van der Waals surface area contributed by atoms with E-state index in [9.17, 15) is 4.79 Å². The highest BCUT2D eigenvalue weighted by Crippen LogP contribution is 2.27. The predicted molar refractivity (Wildman–Crippen MR) is 141 cm³/mol. The van der Waals surface area contributed by atoms with Crippen molar-refractivity contribution in [2.75, 3.05) is 28.6 Å². The summed E-state index contributed by atoms with van der Waals surface area (Å²) in [4.78, 5) is 27.7. The second kappa shape index (κ2) is 10.1. The van der Waals surface area contributed by atoms with Crippen LogP contribution >= 0.6 is 12.2 Å². The fraction of sp³-hybridized carbons (Fsp3) is 0.280. The number of hydrogen-bond donors (Lipinski definition) is 2. The van der Waals surface area contributed by atoms with Crippen LogP contribution in [0, 0.1) is 0 Å². The van der Waals surface area contributed by atoms with Crippen LogP contribution < -0.4 is 15.5 Å². The van der Waals surface area contributed by atoms with Crippen LogP contribution in [0.1, 0.15) is 37.8 Å². The van der Waals surface area contributed by atoms with E-state index in [4.69, 9.17) is 12.2 Å². The highest BCUT2D eigenvalue weighted by atomic mass is 32.1. The lowest BCUT2D eigenvalue weighted by molar-refractivity contribution is -0.114. The smallest absolute Gasteiger partial charge is 0.231 e. The van der Waals surface area contributed by atoms with Crippen molar-refractivity contribution in [3.63, 3.8) is 0 Å². The summed E-state index contributed by atoms with van der Waals surface area (Å²) in [7, 11) is 0. The molecule has 9 nitrogen and oxygen atoms in total. The Morgan fingerprint density at radius 3 is 2.80 bits per heavy atom. The second-order valence-corrected chi connectivity index (χ2v) is 9.12. The molecule has 2 N–H and O–H groups in total. The van der Waals surface area contributed by atoms with Gasteiger partial charge < -0.3 is 15.5 Å². The van der Waals surface area contributed by atoms with Gasteiger partial charge in [0, 0.05) is 54.4 Å². The minimum atomic E-state index is -0.119. The minimum absolute atomic E-state index is 0.119. The van der Waals surface area contributed by atoms with Gasteiger partial charge in [-0.2, -0.15) is 10.1 Å². The number of benzene rings is 1. The zero-order valence-corrected chi connectivity index (χ0v) is 20.2. The van der Waals surface area contributed by atoms with Gasteiger partial charge in [-0.25, -0.2) is 9.97 Å². The molecule has 0 radical (unpaired) electrons. The van der Waals surface area contributed by atoms with Crippen molar-refractivity contribution in [2.45, 2.75) is 32.2 Å². The molecule has 1 aliphatic heterocycles. The van der Waals surface area contributed by atoms with Gasteiger partial charge in [0.2, 0.25) is 17.8 Å². The van der Waals surface area contributed by atoms with E-state index in [-0.39, 0.29) is 5.91 Å². The number of carbonyl (C=O) groups is 1. The summed E-state index contributed by atoms with van der Waals surface area (Å²) in [5, 5.41) is 10.6. The Bertz CT molecular complexity index is 1310. The fourth-order valence-corrected chi connectivity index (χ4v) is 4.51. The van der Waals surface area contributed by atoms with Crippen LogP contribution in [0.5, 0.6) is 0 Å². The SMILES string of the molecule is CC(=O)Nc1cccc(Nc2ncnc(N3CCC(n4cc(C5=CC(=S)CC=C5)cn4)CC3)n2)c1. The number of nitrogens with zero attached hydrogens (tertiary/aromatic N) is 6. The summed E-state index contributed by atoms with van der Waals surface area (Å²) in [5.74, 6) is 0.984. The Balaban J connectivity index is 1.21. The molecule has 1 saturated heterocycles. The molecule has 0 spiro atoms. The molecule has 1 aliphatic carbocycles. The Morgan fingerprint density at radius 1 is 1.17 bits per heavy atom. The molecular formula is C25H26N8OS. The number of piperidine rings is 1. The van der Waals surface area contributed by atoms with Crippen LogP contribution in [0.2, 0.25) is 0 Å². The van der Waals surface area contributed by atoms with Gasteiger partial charge in [-0.15, -0.1) is 0 Å². The van der Waals surface area contributed by atoms with E-state index in [1.165, 1.54) is 13.3 Å². The quantitative estimate of drug-likeness (QED) is 0.497. The van der Waals surface area contributed by atoms with Crippen LogP contribution in [-0.2, 0) is 4.79 Å². The van der Waals surface area contributed by atoms with Crippen LogP contribution in [-0.4, -0.2) is 48.6 Å². The monoisotopic (exact) mass is 486 g/mol. The standard InChI is InChI=1S/C25H26N8OS/c1-17(34)29-20-5-3-6-21(13-20)30-24-26-16-27-25(31-24)32-10-8-22(9-11-32)33-15-19(14-28-33)18-4-2-7-23(35)12-18/h2-6,12-16,22H,7-11H2,1H3,(H,29,34)(H,26,27,30,31). The first-order valence-corrected chi connectivity index (χ1v) is 12.0. The van der Waals surface area contributed by atoms with Gasteiger partial charge in [0.05, 0.1) is 12.2 Å². The van der Waals surface area contributed by atoms with E-state index in [0.717, 1.165) is 54.0 Å². The predicted octanol–water partition coefficient (Wildman–Crippen LogP) is 4.32. The lowest BCUT2D eigenvalue weighted by Gasteiger charge is -2.32. The first-order valence-electron chi connectivity index (χ1n) is 11.6. The zero-order valence-electron chi connectivity index (χ0n) is 19.4. The molecule has 0 bridgehead atoms. The van der Waals surface area contributed by atoms with E-state index in [0.29, 0.717) is 23.6 Å². The number of aromatic nitrogens is 5. The van der Waals surface area contributed by atoms with Gasteiger partial charge in [-0.05, 0) is 42.7 Å². The average Bonchev–Trinajstić information content (AvgIpc) is 3.35. The van der Waals surface area contributed by atoms with E-state index in [1.807, 2.05) is 30.5 Å². The summed E-state index contributed by atoms with van der Waals surface area (Å²) in [5.41, 5.74) is 3.71. The number of carbonyl (C=O) groups excluding carboxylic acids is 1. The molecule has 2 aromatic heterocycles. The number of thiocarbonyl (C=S) groups is 1. The number of anilines is 4. The number of hydrogen-bond acceptors (Lipinski definition) is 8. The third kappa shape index (κ3) is 5.60. The fourth-order valence-electron chi connectivity index (χ4n) is 4.29. The molecule has 1 amide bonds. The summed E-state index contributed by atoms with van der Waals surface area (Å²) in [6.45, 7) is 3.14. The third-order valence-corrected chi connectivity index (χ3v) is 6.27. The van der Waals surface area contributed by atoms with E-state index >= 15 is 0 Å². The molecule has 5 rings (SSSR count). The summed E-state index contributed by atoms with van der Waals surface area (Å²) in [6.07, 6.45) is 14.6. The first kappa shape index (κ1) is 22.9. The van der Waals surface area contributed by atoms with Crippen molar-refractivity contribution in [1.82, 2.24) is 24.7 Å². The van der Waals surface area contributed by atoms with Crippen molar-refractivity contribution in [3.8, 4) is 0 Å². The van der Waals surface area contributed by atoms with Crippen LogP contribution in [0.4, 0.5) is 23.3 Å². The Hall–Kier alpha value is -3.92. The van der Waals surface area contributed by atoms with Gasteiger partial charge in [0.15, 0.2) is 0 Å². The van der Waals surface area contributed by atoms with Gasteiger partial charge >= 0.3 is 0 Å². The Morgan fingerprint density at radius 2 is 2.00 bits per heavy atom. The van der Waals surface area contributed by atoms with E-state index in [2.05, 4.69) is 64.7 Å². The molecule has 1 aromatic carbocycles. The van der Waals surface area contributed by atoms with Gasteiger partial charge in [-0.1, -0.05) is 30.4 Å². The molecule has 0 atom stereocenters. The minimum Gasteiger partial charge on any atom is -0.341 e. The molecular weight excluding hydrogens is 460 g/mol. The van der Waals surface area contributed by atoms with Crippen molar-refractivity contribution in [1.29, 1.82) is 0 Å². The highest BCUT2D eigenvalue weighted by molar-refractivity contribution is 7.80. The van der Waals surface area contributed by atoms with Crippen LogP contribution in [0.3, 0.4) is 0 Å². The van der Waals surface area contributed by atoms with Crippen molar-refractivity contribution in [3.05, 3.63) is 66.8 Å². The lowest BCUT2D eigenvalue weighted by atomic mass is 10.0.